The molecule has 39 heavy (non-hydrogen) atoms. The first-order valence-corrected chi connectivity index (χ1v) is 13.3. The normalized spacial score (nSPS) is 12.1. The average molecular weight is 499 g/mol. The van der Waals surface area contributed by atoms with Crippen LogP contribution in [0.4, 0.5) is 0 Å². The van der Waals surface area contributed by atoms with Crippen LogP contribution in [0.25, 0.3) is 77.3 Å². The SMILES string of the molecule is c1ccc(-c2cccc(-n3c4cccc5oc6cccc7c6c6c(c54)c3ccc6n7-c3ccccc3)c2)cc1. The van der Waals surface area contributed by atoms with Crippen LogP contribution in [0.3, 0.4) is 0 Å². The molecule has 0 bridgehead atoms. The lowest BCUT2D eigenvalue weighted by Gasteiger charge is -2.11. The monoisotopic (exact) mass is 498 g/mol. The predicted octanol–water partition coefficient (Wildman–Crippen LogP) is 9.73. The molecule has 6 aromatic carbocycles. The molecular formula is C36H22N2O. The number of hydrogen-bond donors (Lipinski definition) is 0. The van der Waals surface area contributed by atoms with E-state index in [1.807, 2.05) is 0 Å². The van der Waals surface area contributed by atoms with Crippen LogP contribution in [0.15, 0.2) is 138 Å². The molecule has 0 aliphatic rings. The van der Waals surface area contributed by atoms with Crippen LogP contribution in [0, 0.1) is 0 Å². The fourth-order valence-corrected chi connectivity index (χ4v) is 6.51. The van der Waals surface area contributed by atoms with Crippen molar-refractivity contribution in [3.63, 3.8) is 0 Å². The van der Waals surface area contributed by atoms with Crippen LogP contribution >= 0.6 is 0 Å². The van der Waals surface area contributed by atoms with Gasteiger partial charge in [-0.3, -0.25) is 0 Å². The molecule has 0 saturated carbocycles. The van der Waals surface area contributed by atoms with E-state index in [0.29, 0.717) is 0 Å². The lowest BCUT2D eigenvalue weighted by molar-refractivity contribution is 0.664. The molecule has 0 N–H and O–H groups in total. The maximum absolute atomic E-state index is 6.72. The molecule has 0 spiro atoms. The number of aromatic nitrogens is 2. The van der Waals surface area contributed by atoms with Gasteiger partial charge in [-0.25, -0.2) is 0 Å². The largest absolute Gasteiger partial charge is 0.456 e. The van der Waals surface area contributed by atoms with Gasteiger partial charge in [0.2, 0.25) is 0 Å². The van der Waals surface area contributed by atoms with Gasteiger partial charge in [-0.05, 0) is 71.8 Å². The Bertz CT molecular complexity index is 2320. The van der Waals surface area contributed by atoms with Gasteiger partial charge in [0.1, 0.15) is 11.2 Å². The van der Waals surface area contributed by atoms with Crippen molar-refractivity contribution in [1.82, 2.24) is 9.13 Å². The maximum atomic E-state index is 6.72. The van der Waals surface area contributed by atoms with Crippen molar-refractivity contribution in [2.75, 3.05) is 0 Å². The third-order valence-corrected chi connectivity index (χ3v) is 8.08. The molecule has 0 aliphatic carbocycles. The van der Waals surface area contributed by atoms with E-state index in [0.717, 1.165) is 44.3 Å². The Balaban J connectivity index is 1.47. The van der Waals surface area contributed by atoms with E-state index in [1.54, 1.807) is 0 Å². The van der Waals surface area contributed by atoms with E-state index < -0.39 is 0 Å². The molecule has 3 nitrogen and oxygen atoms in total. The molecule has 0 unspecified atom stereocenters. The second-order valence-corrected chi connectivity index (χ2v) is 10.2. The van der Waals surface area contributed by atoms with E-state index in [4.69, 9.17) is 4.42 Å². The fraction of sp³-hybridized carbons (Fsp3) is 0. The van der Waals surface area contributed by atoms with E-state index in [1.165, 1.54) is 32.9 Å². The first kappa shape index (κ1) is 20.7. The highest BCUT2D eigenvalue weighted by atomic mass is 16.3. The lowest BCUT2D eigenvalue weighted by Crippen LogP contribution is -1.95. The summed E-state index contributed by atoms with van der Waals surface area (Å²) in [7, 11) is 0. The zero-order chi connectivity index (χ0) is 25.5. The van der Waals surface area contributed by atoms with Gasteiger partial charge in [-0.2, -0.15) is 0 Å². The third kappa shape index (κ3) is 2.76. The summed E-state index contributed by atoms with van der Waals surface area (Å²) >= 11 is 0. The standard InChI is InChI=1S/C36H22N2O/c1-3-10-23(11-4-1)24-12-7-15-26(22-24)38-28-17-9-19-32-34(28)36-30(38)21-20-29-35(36)33-27(16-8-18-31(33)39-32)37(29)25-13-5-2-6-14-25/h1-22H. The molecule has 0 radical (unpaired) electrons. The Morgan fingerprint density at radius 1 is 0.359 bits per heavy atom. The molecule has 3 aromatic heterocycles. The molecule has 182 valence electrons. The topological polar surface area (TPSA) is 23.0 Å². The smallest absolute Gasteiger partial charge is 0.137 e. The van der Waals surface area contributed by atoms with Crippen LogP contribution in [0.2, 0.25) is 0 Å². The highest BCUT2D eigenvalue weighted by molar-refractivity contribution is 6.34. The van der Waals surface area contributed by atoms with E-state index >= 15 is 0 Å². The zero-order valence-corrected chi connectivity index (χ0v) is 21.0. The van der Waals surface area contributed by atoms with Crippen LogP contribution in [-0.4, -0.2) is 9.13 Å². The maximum Gasteiger partial charge on any atom is 0.137 e. The fourth-order valence-electron chi connectivity index (χ4n) is 6.51. The molecule has 0 amide bonds. The molecule has 9 aromatic rings. The van der Waals surface area contributed by atoms with Gasteiger partial charge in [0, 0.05) is 22.1 Å². The molecule has 0 saturated heterocycles. The van der Waals surface area contributed by atoms with Gasteiger partial charge in [0.15, 0.2) is 0 Å². The number of hydrogen-bond acceptors (Lipinski definition) is 1. The summed E-state index contributed by atoms with van der Waals surface area (Å²) in [5.74, 6) is 0. The van der Waals surface area contributed by atoms with Crippen molar-refractivity contribution in [2.24, 2.45) is 0 Å². The number of rotatable bonds is 3. The Labute approximate surface area is 224 Å². The Hall–Kier alpha value is -5.28. The van der Waals surface area contributed by atoms with E-state index in [-0.39, 0.29) is 0 Å². The average Bonchev–Trinajstić information content (AvgIpc) is 3.46. The molecule has 0 aliphatic heterocycles. The predicted molar refractivity (Wildman–Crippen MR) is 162 cm³/mol. The van der Waals surface area contributed by atoms with Gasteiger partial charge < -0.3 is 13.6 Å². The van der Waals surface area contributed by atoms with E-state index in [2.05, 4.69) is 143 Å². The summed E-state index contributed by atoms with van der Waals surface area (Å²) in [5, 5.41) is 4.81. The number of nitrogens with zero attached hydrogens (tertiary/aromatic N) is 2. The second-order valence-electron chi connectivity index (χ2n) is 10.2. The minimum absolute atomic E-state index is 0.901. The van der Waals surface area contributed by atoms with Crippen molar-refractivity contribution in [3.8, 4) is 22.5 Å². The lowest BCUT2D eigenvalue weighted by atomic mass is 10.0. The van der Waals surface area contributed by atoms with Gasteiger partial charge in [-0.1, -0.05) is 72.8 Å². The second kappa shape index (κ2) is 7.62. The summed E-state index contributed by atoms with van der Waals surface area (Å²) in [6.45, 7) is 0. The van der Waals surface area contributed by atoms with Crippen molar-refractivity contribution in [1.29, 1.82) is 0 Å². The van der Waals surface area contributed by atoms with Gasteiger partial charge in [0.25, 0.3) is 0 Å². The third-order valence-electron chi connectivity index (χ3n) is 8.08. The van der Waals surface area contributed by atoms with Crippen LogP contribution in [-0.2, 0) is 0 Å². The Morgan fingerprint density at radius 2 is 0.846 bits per heavy atom. The van der Waals surface area contributed by atoms with Crippen molar-refractivity contribution < 1.29 is 4.42 Å². The summed E-state index contributed by atoms with van der Waals surface area (Å²) in [5.41, 5.74) is 11.2. The Morgan fingerprint density at radius 3 is 1.49 bits per heavy atom. The summed E-state index contributed by atoms with van der Waals surface area (Å²) < 4.78 is 11.5. The molecule has 3 heteroatoms. The molecule has 0 fully saturated rings. The summed E-state index contributed by atoms with van der Waals surface area (Å²) in [6.07, 6.45) is 0. The molecule has 3 heterocycles. The highest BCUT2D eigenvalue weighted by Crippen LogP contribution is 2.46. The highest BCUT2D eigenvalue weighted by Gasteiger charge is 2.24. The van der Waals surface area contributed by atoms with Gasteiger partial charge >= 0.3 is 0 Å². The molecule has 0 atom stereocenters. The van der Waals surface area contributed by atoms with Gasteiger partial charge in [-0.15, -0.1) is 0 Å². The van der Waals surface area contributed by atoms with Crippen LogP contribution in [0.1, 0.15) is 0 Å². The van der Waals surface area contributed by atoms with Crippen molar-refractivity contribution in [2.45, 2.75) is 0 Å². The van der Waals surface area contributed by atoms with Crippen LogP contribution in [0.5, 0.6) is 0 Å². The summed E-state index contributed by atoms with van der Waals surface area (Å²) in [4.78, 5) is 0. The van der Waals surface area contributed by atoms with Crippen molar-refractivity contribution in [3.05, 3.63) is 133 Å². The van der Waals surface area contributed by atoms with Crippen LogP contribution < -0.4 is 0 Å². The number of para-hydroxylation sites is 1. The molecule has 9 rings (SSSR count). The summed E-state index contributed by atoms with van der Waals surface area (Å²) in [6, 6.07) is 47.4. The quantitative estimate of drug-likeness (QED) is 0.238. The Kier molecular flexibility index (Phi) is 4.05. The number of benzene rings is 6. The van der Waals surface area contributed by atoms with Gasteiger partial charge in [0.05, 0.1) is 32.8 Å². The van der Waals surface area contributed by atoms with Crippen molar-refractivity contribution >= 4 is 54.8 Å². The minimum atomic E-state index is 0.901. The minimum Gasteiger partial charge on any atom is -0.456 e. The first-order chi connectivity index (χ1) is 19.4. The van der Waals surface area contributed by atoms with E-state index in [9.17, 15) is 0 Å². The molecular weight excluding hydrogens is 476 g/mol. The zero-order valence-electron chi connectivity index (χ0n) is 21.0. The first-order valence-electron chi connectivity index (χ1n) is 13.3.